The molecular formula is C12H19N3O2. The first-order chi connectivity index (χ1) is 8.18. The normalized spacial score (nSPS) is 17.1. The van der Waals surface area contributed by atoms with Crippen molar-refractivity contribution in [1.82, 2.24) is 15.2 Å². The SMILES string of the molecule is Cc1ncoc1C(=O)N(C)CC1CCNCC1. The van der Waals surface area contributed by atoms with E-state index in [9.17, 15) is 4.79 Å². The van der Waals surface area contributed by atoms with Crippen molar-refractivity contribution in [3.8, 4) is 0 Å². The topological polar surface area (TPSA) is 58.4 Å². The second-order valence-corrected chi connectivity index (χ2v) is 4.65. The van der Waals surface area contributed by atoms with Gasteiger partial charge in [-0.05, 0) is 38.8 Å². The molecule has 1 N–H and O–H groups in total. The summed E-state index contributed by atoms with van der Waals surface area (Å²) in [5.41, 5.74) is 0.659. The quantitative estimate of drug-likeness (QED) is 0.854. The summed E-state index contributed by atoms with van der Waals surface area (Å²) in [6.07, 6.45) is 3.58. The number of aryl methyl sites for hydroxylation is 1. The number of nitrogens with zero attached hydrogens (tertiary/aromatic N) is 2. The Kier molecular flexibility index (Phi) is 3.78. The zero-order valence-corrected chi connectivity index (χ0v) is 10.4. The van der Waals surface area contributed by atoms with Crippen LogP contribution >= 0.6 is 0 Å². The highest BCUT2D eigenvalue weighted by Crippen LogP contribution is 2.15. The van der Waals surface area contributed by atoms with Crippen molar-refractivity contribution in [2.24, 2.45) is 5.92 Å². The molecule has 1 aromatic rings. The molecule has 1 aromatic heterocycles. The summed E-state index contributed by atoms with van der Waals surface area (Å²) < 4.78 is 5.12. The lowest BCUT2D eigenvalue weighted by Crippen LogP contribution is -2.37. The highest BCUT2D eigenvalue weighted by molar-refractivity contribution is 5.92. The summed E-state index contributed by atoms with van der Waals surface area (Å²) in [7, 11) is 1.83. The number of hydrogen-bond donors (Lipinski definition) is 1. The van der Waals surface area contributed by atoms with E-state index in [1.165, 1.54) is 6.39 Å². The molecule has 5 heteroatoms. The zero-order chi connectivity index (χ0) is 12.3. The molecule has 1 aliphatic rings. The Balaban J connectivity index is 1.93. The van der Waals surface area contributed by atoms with E-state index < -0.39 is 0 Å². The molecule has 0 atom stereocenters. The van der Waals surface area contributed by atoms with Crippen LogP contribution in [0.25, 0.3) is 0 Å². The van der Waals surface area contributed by atoms with E-state index in [4.69, 9.17) is 4.42 Å². The van der Waals surface area contributed by atoms with E-state index in [2.05, 4.69) is 10.3 Å². The molecule has 1 fully saturated rings. The summed E-state index contributed by atoms with van der Waals surface area (Å²) in [6, 6.07) is 0. The van der Waals surface area contributed by atoms with Gasteiger partial charge in [0.1, 0.15) is 0 Å². The van der Waals surface area contributed by atoms with Crippen molar-refractivity contribution in [2.45, 2.75) is 19.8 Å². The Labute approximate surface area is 101 Å². The van der Waals surface area contributed by atoms with Crippen LogP contribution in [0.2, 0.25) is 0 Å². The minimum Gasteiger partial charge on any atom is -0.438 e. The maximum absolute atomic E-state index is 12.1. The lowest BCUT2D eigenvalue weighted by molar-refractivity contribution is 0.0730. The molecule has 1 saturated heterocycles. The van der Waals surface area contributed by atoms with Gasteiger partial charge in [0, 0.05) is 13.6 Å². The Morgan fingerprint density at radius 2 is 2.29 bits per heavy atom. The largest absolute Gasteiger partial charge is 0.438 e. The molecule has 94 valence electrons. The maximum Gasteiger partial charge on any atom is 0.291 e. The molecule has 0 saturated carbocycles. The molecule has 5 nitrogen and oxygen atoms in total. The fraction of sp³-hybridized carbons (Fsp3) is 0.667. The highest BCUT2D eigenvalue weighted by Gasteiger charge is 2.22. The van der Waals surface area contributed by atoms with Gasteiger partial charge in [-0.2, -0.15) is 0 Å². The lowest BCUT2D eigenvalue weighted by Gasteiger charge is -2.27. The Bertz CT molecular complexity index is 383. The fourth-order valence-electron chi connectivity index (χ4n) is 2.22. The Morgan fingerprint density at radius 3 is 2.88 bits per heavy atom. The molecule has 0 aromatic carbocycles. The molecule has 1 aliphatic heterocycles. The number of carbonyl (C=O) groups excluding carboxylic acids is 1. The van der Waals surface area contributed by atoms with Crippen LogP contribution in [0.3, 0.4) is 0 Å². The monoisotopic (exact) mass is 237 g/mol. The molecule has 0 bridgehead atoms. The summed E-state index contributed by atoms with van der Waals surface area (Å²) in [6.45, 7) is 4.68. The minimum absolute atomic E-state index is 0.0708. The van der Waals surface area contributed by atoms with E-state index in [-0.39, 0.29) is 5.91 Å². The summed E-state index contributed by atoms with van der Waals surface area (Å²) in [5.74, 6) is 0.883. The summed E-state index contributed by atoms with van der Waals surface area (Å²) in [5, 5.41) is 3.32. The van der Waals surface area contributed by atoms with Crippen molar-refractivity contribution in [2.75, 3.05) is 26.7 Å². The lowest BCUT2D eigenvalue weighted by atomic mass is 9.97. The van der Waals surface area contributed by atoms with Crippen LogP contribution in [0.4, 0.5) is 0 Å². The maximum atomic E-state index is 12.1. The van der Waals surface area contributed by atoms with Crippen LogP contribution < -0.4 is 5.32 Å². The third kappa shape index (κ3) is 2.85. The van der Waals surface area contributed by atoms with Crippen LogP contribution in [0.15, 0.2) is 10.8 Å². The first-order valence-electron chi connectivity index (χ1n) is 6.04. The average Bonchev–Trinajstić information content (AvgIpc) is 2.76. The van der Waals surface area contributed by atoms with E-state index in [0.29, 0.717) is 17.4 Å². The van der Waals surface area contributed by atoms with Crippen LogP contribution in [-0.2, 0) is 0 Å². The van der Waals surface area contributed by atoms with E-state index >= 15 is 0 Å². The smallest absolute Gasteiger partial charge is 0.291 e. The van der Waals surface area contributed by atoms with Gasteiger partial charge < -0.3 is 14.6 Å². The first-order valence-corrected chi connectivity index (χ1v) is 6.04. The number of aromatic nitrogens is 1. The van der Waals surface area contributed by atoms with Crippen LogP contribution in [0.1, 0.15) is 29.1 Å². The van der Waals surface area contributed by atoms with Gasteiger partial charge in [0.25, 0.3) is 5.91 Å². The Morgan fingerprint density at radius 1 is 1.59 bits per heavy atom. The zero-order valence-electron chi connectivity index (χ0n) is 10.4. The predicted molar refractivity (Wildman–Crippen MR) is 63.8 cm³/mol. The number of hydrogen-bond acceptors (Lipinski definition) is 4. The standard InChI is InChI=1S/C12H19N3O2/c1-9-11(17-8-14-9)12(16)15(2)7-10-3-5-13-6-4-10/h8,10,13H,3-7H2,1-2H3. The number of amides is 1. The van der Waals surface area contributed by atoms with Crippen molar-refractivity contribution >= 4 is 5.91 Å². The summed E-state index contributed by atoms with van der Waals surface area (Å²) >= 11 is 0. The van der Waals surface area contributed by atoms with Gasteiger partial charge in [-0.15, -0.1) is 0 Å². The van der Waals surface area contributed by atoms with Gasteiger partial charge in [-0.25, -0.2) is 4.98 Å². The molecular weight excluding hydrogens is 218 g/mol. The molecule has 2 heterocycles. The third-order valence-electron chi connectivity index (χ3n) is 3.28. The molecule has 17 heavy (non-hydrogen) atoms. The minimum atomic E-state index is -0.0708. The fourth-order valence-corrected chi connectivity index (χ4v) is 2.22. The van der Waals surface area contributed by atoms with E-state index in [1.54, 1.807) is 11.8 Å². The van der Waals surface area contributed by atoms with Gasteiger partial charge in [-0.3, -0.25) is 4.79 Å². The van der Waals surface area contributed by atoms with Gasteiger partial charge in [0.15, 0.2) is 6.39 Å². The number of piperidine rings is 1. The molecule has 1 amide bonds. The highest BCUT2D eigenvalue weighted by atomic mass is 16.3. The Hall–Kier alpha value is -1.36. The van der Waals surface area contributed by atoms with E-state index in [0.717, 1.165) is 32.5 Å². The second kappa shape index (κ2) is 5.31. The number of rotatable bonds is 3. The average molecular weight is 237 g/mol. The predicted octanol–water partition coefficient (Wildman–Crippen LogP) is 1.05. The molecule has 2 rings (SSSR count). The van der Waals surface area contributed by atoms with E-state index in [1.807, 2.05) is 7.05 Å². The molecule has 0 unspecified atom stereocenters. The van der Waals surface area contributed by atoms with Gasteiger partial charge >= 0.3 is 0 Å². The number of oxazole rings is 1. The van der Waals surface area contributed by atoms with Crippen LogP contribution in [0.5, 0.6) is 0 Å². The van der Waals surface area contributed by atoms with Gasteiger partial charge in [0.2, 0.25) is 5.76 Å². The van der Waals surface area contributed by atoms with Crippen molar-refractivity contribution in [3.05, 3.63) is 17.8 Å². The van der Waals surface area contributed by atoms with Crippen molar-refractivity contribution in [3.63, 3.8) is 0 Å². The number of nitrogens with one attached hydrogen (secondary N) is 1. The first kappa shape index (κ1) is 12.1. The van der Waals surface area contributed by atoms with Crippen LogP contribution in [-0.4, -0.2) is 42.5 Å². The second-order valence-electron chi connectivity index (χ2n) is 4.65. The van der Waals surface area contributed by atoms with Crippen molar-refractivity contribution < 1.29 is 9.21 Å². The summed E-state index contributed by atoms with van der Waals surface area (Å²) in [4.78, 5) is 17.8. The third-order valence-corrected chi connectivity index (χ3v) is 3.28. The van der Waals surface area contributed by atoms with Gasteiger partial charge in [0.05, 0.1) is 5.69 Å². The van der Waals surface area contributed by atoms with Crippen molar-refractivity contribution in [1.29, 1.82) is 0 Å². The number of carbonyl (C=O) groups is 1. The van der Waals surface area contributed by atoms with Gasteiger partial charge in [-0.1, -0.05) is 0 Å². The molecule has 0 spiro atoms. The molecule has 0 radical (unpaired) electrons. The van der Waals surface area contributed by atoms with Crippen LogP contribution in [0, 0.1) is 12.8 Å². The molecule has 0 aliphatic carbocycles.